The zero-order valence-corrected chi connectivity index (χ0v) is 13.9. The second-order valence-corrected chi connectivity index (χ2v) is 6.29. The highest BCUT2D eigenvalue weighted by molar-refractivity contribution is 5.88. The molecule has 4 rings (SSSR count). The van der Waals surface area contributed by atoms with Gasteiger partial charge in [0.1, 0.15) is 0 Å². The fraction of sp³-hybridized carbons (Fsp3) is 0.389. The van der Waals surface area contributed by atoms with Crippen LogP contribution in [0.25, 0.3) is 22.4 Å². The molecule has 1 N–H and O–H groups in total. The first-order valence-electron chi connectivity index (χ1n) is 8.37. The lowest BCUT2D eigenvalue weighted by molar-refractivity contribution is -0.122. The molecule has 6 nitrogen and oxygen atoms in total. The van der Waals surface area contributed by atoms with Gasteiger partial charge in [-0.1, -0.05) is 17.3 Å². The summed E-state index contributed by atoms with van der Waals surface area (Å²) in [5.74, 6) is 1.25. The molecule has 2 aromatic heterocycles. The van der Waals surface area contributed by atoms with Crippen molar-refractivity contribution in [2.24, 2.45) is 5.92 Å². The maximum absolute atomic E-state index is 11.7. The SMILES string of the molecule is CCn1c(-c2noc(CNC(=O)C3CC3)n2)cc2c(C)cccc21. The Balaban J connectivity index is 1.62. The minimum Gasteiger partial charge on any atom is -0.347 e. The summed E-state index contributed by atoms with van der Waals surface area (Å²) in [6.07, 6.45) is 1.97. The molecule has 0 spiro atoms. The van der Waals surface area contributed by atoms with Crippen molar-refractivity contribution in [1.29, 1.82) is 0 Å². The van der Waals surface area contributed by atoms with Crippen molar-refractivity contribution in [2.75, 3.05) is 0 Å². The highest BCUT2D eigenvalue weighted by atomic mass is 16.5. The van der Waals surface area contributed by atoms with E-state index in [4.69, 9.17) is 4.52 Å². The van der Waals surface area contributed by atoms with Crippen molar-refractivity contribution in [3.63, 3.8) is 0 Å². The Morgan fingerprint density at radius 3 is 3.00 bits per heavy atom. The second-order valence-electron chi connectivity index (χ2n) is 6.29. The second kappa shape index (κ2) is 5.78. The predicted octanol–water partition coefficient (Wildman–Crippen LogP) is 3.05. The fourth-order valence-electron chi connectivity index (χ4n) is 3.04. The monoisotopic (exact) mass is 324 g/mol. The van der Waals surface area contributed by atoms with Gasteiger partial charge in [-0.3, -0.25) is 4.79 Å². The van der Waals surface area contributed by atoms with Crippen molar-refractivity contribution in [1.82, 2.24) is 20.0 Å². The summed E-state index contributed by atoms with van der Waals surface area (Å²) in [6, 6.07) is 8.36. The third-order valence-electron chi connectivity index (χ3n) is 4.54. The van der Waals surface area contributed by atoms with Crippen LogP contribution < -0.4 is 5.32 Å². The van der Waals surface area contributed by atoms with E-state index in [9.17, 15) is 4.79 Å². The summed E-state index contributed by atoms with van der Waals surface area (Å²) in [4.78, 5) is 16.2. The molecule has 0 saturated heterocycles. The van der Waals surface area contributed by atoms with Crippen molar-refractivity contribution in [2.45, 2.75) is 39.8 Å². The van der Waals surface area contributed by atoms with Gasteiger partial charge in [-0.15, -0.1) is 0 Å². The number of nitrogens with zero attached hydrogens (tertiary/aromatic N) is 3. The Morgan fingerprint density at radius 2 is 2.25 bits per heavy atom. The summed E-state index contributed by atoms with van der Waals surface area (Å²) in [7, 11) is 0. The summed E-state index contributed by atoms with van der Waals surface area (Å²) in [5, 5.41) is 8.15. The molecule has 6 heteroatoms. The molecule has 0 radical (unpaired) electrons. The fourth-order valence-corrected chi connectivity index (χ4v) is 3.04. The van der Waals surface area contributed by atoms with Gasteiger partial charge in [0, 0.05) is 23.4 Å². The van der Waals surface area contributed by atoms with Crippen LogP contribution in [0.15, 0.2) is 28.8 Å². The van der Waals surface area contributed by atoms with Gasteiger partial charge in [0.05, 0.1) is 12.2 Å². The molecule has 2 heterocycles. The van der Waals surface area contributed by atoms with Crippen molar-refractivity contribution < 1.29 is 9.32 Å². The molecule has 0 bridgehead atoms. The Hall–Kier alpha value is -2.63. The van der Waals surface area contributed by atoms with Crippen molar-refractivity contribution in [3.05, 3.63) is 35.7 Å². The number of hydrogen-bond donors (Lipinski definition) is 1. The van der Waals surface area contributed by atoms with Crippen LogP contribution in [0.1, 0.15) is 31.2 Å². The number of rotatable bonds is 5. The zero-order chi connectivity index (χ0) is 16.7. The highest BCUT2D eigenvalue weighted by Crippen LogP contribution is 2.30. The van der Waals surface area contributed by atoms with Gasteiger partial charge in [0.15, 0.2) is 0 Å². The van der Waals surface area contributed by atoms with E-state index in [2.05, 4.69) is 58.1 Å². The van der Waals surface area contributed by atoms with Gasteiger partial charge in [-0.25, -0.2) is 0 Å². The van der Waals surface area contributed by atoms with Crippen LogP contribution >= 0.6 is 0 Å². The molecule has 24 heavy (non-hydrogen) atoms. The maximum Gasteiger partial charge on any atom is 0.246 e. The Labute approximate surface area is 139 Å². The molecule has 1 saturated carbocycles. The van der Waals surface area contributed by atoms with Crippen LogP contribution in [0, 0.1) is 12.8 Å². The van der Waals surface area contributed by atoms with Crippen LogP contribution in [-0.4, -0.2) is 20.6 Å². The van der Waals surface area contributed by atoms with E-state index in [1.54, 1.807) is 0 Å². The number of hydrogen-bond acceptors (Lipinski definition) is 4. The normalized spacial score (nSPS) is 14.2. The largest absolute Gasteiger partial charge is 0.347 e. The van der Waals surface area contributed by atoms with Crippen LogP contribution in [0.5, 0.6) is 0 Å². The lowest BCUT2D eigenvalue weighted by Crippen LogP contribution is -2.24. The van der Waals surface area contributed by atoms with Crippen LogP contribution in [0.3, 0.4) is 0 Å². The van der Waals surface area contributed by atoms with Crippen LogP contribution in [0.4, 0.5) is 0 Å². The minimum atomic E-state index is 0.0769. The smallest absolute Gasteiger partial charge is 0.246 e. The molecule has 0 atom stereocenters. The number of aromatic nitrogens is 3. The van der Waals surface area contributed by atoms with Crippen LogP contribution in [-0.2, 0) is 17.9 Å². The Bertz CT molecular complexity index is 905. The van der Waals surface area contributed by atoms with Gasteiger partial charge in [0.25, 0.3) is 0 Å². The van der Waals surface area contributed by atoms with Gasteiger partial charge >= 0.3 is 0 Å². The Kier molecular flexibility index (Phi) is 3.59. The van der Waals surface area contributed by atoms with Crippen molar-refractivity contribution in [3.8, 4) is 11.5 Å². The van der Waals surface area contributed by atoms with E-state index >= 15 is 0 Å². The molecule has 124 valence electrons. The first kappa shape index (κ1) is 14.9. The highest BCUT2D eigenvalue weighted by Gasteiger charge is 2.29. The summed E-state index contributed by atoms with van der Waals surface area (Å²) < 4.78 is 7.49. The first-order chi connectivity index (χ1) is 11.7. The van der Waals surface area contributed by atoms with E-state index in [-0.39, 0.29) is 18.4 Å². The van der Waals surface area contributed by atoms with Gasteiger partial charge < -0.3 is 14.4 Å². The average Bonchev–Trinajstić information content (AvgIpc) is 3.21. The predicted molar refractivity (Wildman–Crippen MR) is 90.2 cm³/mol. The lowest BCUT2D eigenvalue weighted by atomic mass is 10.1. The molecule has 0 unspecified atom stereocenters. The number of fused-ring (bicyclic) bond motifs is 1. The summed E-state index contributed by atoms with van der Waals surface area (Å²) >= 11 is 0. The molecule has 1 fully saturated rings. The topological polar surface area (TPSA) is 73.0 Å². The van der Waals surface area contributed by atoms with E-state index < -0.39 is 0 Å². The number of nitrogens with one attached hydrogen (secondary N) is 1. The number of carbonyl (C=O) groups excluding carboxylic acids is 1. The molecule has 3 aromatic rings. The van der Waals surface area contributed by atoms with E-state index in [1.165, 1.54) is 16.5 Å². The molecule has 1 amide bonds. The Morgan fingerprint density at radius 1 is 1.42 bits per heavy atom. The lowest BCUT2D eigenvalue weighted by Gasteiger charge is -2.04. The molecule has 1 aromatic carbocycles. The van der Waals surface area contributed by atoms with Gasteiger partial charge in [0.2, 0.25) is 17.6 Å². The van der Waals surface area contributed by atoms with E-state index in [0.29, 0.717) is 11.7 Å². The third kappa shape index (κ3) is 2.58. The maximum atomic E-state index is 11.7. The van der Waals surface area contributed by atoms with Crippen molar-refractivity contribution >= 4 is 16.8 Å². The molecular weight excluding hydrogens is 304 g/mol. The molecule has 1 aliphatic carbocycles. The molecule has 1 aliphatic rings. The third-order valence-corrected chi connectivity index (χ3v) is 4.54. The summed E-state index contributed by atoms with van der Waals surface area (Å²) in [5.41, 5.74) is 3.33. The standard InChI is InChI=1S/C18H20N4O2/c1-3-22-14-6-4-5-11(2)13(14)9-15(22)17-20-16(24-21-17)10-19-18(23)12-7-8-12/h4-6,9,12H,3,7-8,10H2,1-2H3,(H,19,23). The minimum absolute atomic E-state index is 0.0769. The van der Waals surface area contributed by atoms with E-state index in [0.717, 1.165) is 25.1 Å². The quantitative estimate of drug-likeness (QED) is 0.783. The number of carbonyl (C=O) groups is 1. The van der Waals surface area contributed by atoms with E-state index in [1.807, 2.05) is 0 Å². The van der Waals surface area contributed by atoms with Crippen LogP contribution in [0.2, 0.25) is 0 Å². The van der Waals surface area contributed by atoms with Gasteiger partial charge in [-0.2, -0.15) is 4.98 Å². The van der Waals surface area contributed by atoms with Gasteiger partial charge in [-0.05, 0) is 44.4 Å². The number of amides is 1. The number of aryl methyl sites for hydroxylation is 2. The summed E-state index contributed by atoms with van der Waals surface area (Å²) in [6.45, 7) is 5.31. The zero-order valence-electron chi connectivity index (χ0n) is 13.9. The first-order valence-corrected chi connectivity index (χ1v) is 8.37. The average molecular weight is 324 g/mol. The molecule has 0 aliphatic heterocycles. The molecular formula is C18H20N4O2. The number of benzene rings is 1.